The fourth-order valence-electron chi connectivity index (χ4n) is 2.96. The van der Waals surface area contributed by atoms with Gasteiger partial charge in [0.2, 0.25) is 0 Å². The highest BCUT2D eigenvalue weighted by Gasteiger charge is 2.22. The molecule has 1 N–H and O–H groups in total. The van der Waals surface area contributed by atoms with Gasteiger partial charge < -0.3 is 10.0 Å². The molecule has 1 saturated heterocycles. The Labute approximate surface area is 131 Å². The topological polar surface area (TPSA) is 36.4 Å². The molecule has 1 unspecified atom stereocenters. The van der Waals surface area contributed by atoms with Gasteiger partial charge in [-0.3, -0.25) is 0 Å². The summed E-state index contributed by atoms with van der Waals surface area (Å²) in [5.74, 6) is 0.525. The molecular weight excluding hydrogens is 292 g/mol. The van der Waals surface area contributed by atoms with Crippen molar-refractivity contribution in [1.82, 2.24) is 9.88 Å². The Morgan fingerprint density at radius 2 is 2.30 bits per heavy atom. The van der Waals surface area contributed by atoms with Gasteiger partial charge in [-0.2, -0.15) is 0 Å². The van der Waals surface area contributed by atoms with Crippen molar-refractivity contribution >= 4 is 22.9 Å². The standard InChI is InChI=1S/C15H25ClN2OS/c16-11-13-12-20-15(17-13)7-1-2-8-18-9-3-5-14(18)6-4-10-19/h12,14,19H,1-11H2. The van der Waals surface area contributed by atoms with Gasteiger partial charge in [0.25, 0.3) is 0 Å². The van der Waals surface area contributed by atoms with E-state index in [-0.39, 0.29) is 0 Å². The van der Waals surface area contributed by atoms with Gasteiger partial charge in [-0.25, -0.2) is 4.98 Å². The molecule has 0 aromatic carbocycles. The van der Waals surface area contributed by atoms with Gasteiger partial charge >= 0.3 is 0 Å². The van der Waals surface area contributed by atoms with Crippen LogP contribution in [0.5, 0.6) is 0 Å². The second kappa shape index (κ2) is 8.98. The molecule has 2 rings (SSSR count). The summed E-state index contributed by atoms with van der Waals surface area (Å²) in [6, 6.07) is 0.713. The molecule has 1 fully saturated rings. The van der Waals surface area contributed by atoms with E-state index in [2.05, 4.69) is 15.3 Å². The smallest absolute Gasteiger partial charge is 0.0928 e. The summed E-state index contributed by atoms with van der Waals surface area (Å²) in [4.78, 5) is 7.11. The number of aromatic nitrogens is 1. The molecule has 0 bridgehead atoms. The second-order valence-electron chi connectivity index (χ2n) is 5.52. The van der Waals surface area contributed by atoms with Gasteiger partial charge in [0.1, 0.15) is 0 Å². The van der Waals surface area contributed by atoms with Crippen molar-refractivity contribution in [2.24, 2.45) is 0 Å². The average Bonchev–Trinajstić information content (AvgIpc) is 3.10. The van der Waals surface area contributed by atoms with Crippen LogP contribution in [0.2, 0.25) is 0 Å². The molecule has 0 radical (unpaired) electrons. The molecule has 20 heavy (non-hydrogen) atoms. The van der Waals surface area contributed by atoms with Crippen LogP contribution >= 0.6 is 22.9 Å². The fraction of sp³-hybridized carbons (Fsp3) is 0.800. The highest BCUT2D eigenvalue weighted by Crippen LogP contribution is 2.22. The first kappa shape index (κ1) is 16.2. The number of thiazole rings is 1. The van der Waals surface area contributed by atoms with Crippen molar-refractivity contribution in [1.29, 1.82) is 0 Å². The first-order chi connectivity index (χ1) is 9.83. The number of likely N-dealkylation sites (tertiary alicyclic amines) is 1. The van der Waals surface area contributed by atoms with Crippen LogP contribution in [-0.2, 0) is 12.3 Å². The summed E-state index contributed by atoms with van der Waals surface area (Å²) in [5, 5.41) is 12.2. The molecule has 1 aliphatic heterocycles. The Morgan fingerprint density at radius 3 is 3.05 bits per heavy atom. The van der Waals surface area contributed by atoms with E-state index in [9.17, 15) is 0 Å². The molecule has 0 spiro atoms. The van der Waals surface area contributed by atoms with Crippen molar-refractivity contribution in [3.05, 3.63) is 16.1 Å². The van der Waals surface area contributed by atoms with Gasteiger partial charge in [-0.05, 0) is 58.0 Å². The lowest BCUT2D eigenvalue weighted by atomic mass is 10.1. The van der Waals surface area contributed by atoms with Crippen LogP contribution in [0.25, 0.3) is 0 Å². The molecule has 5 heteroatoms. The predicted octanol–water partition coefficient (Wildman–Crippen LogP) is 3.44. The van der Waals surface area contributed by atoms with Gasteiger partial charge in [0.05, 0.1) is 16.6 Å². The van der Waals surface area contributed by atoms with Crippen LogP contribution in [0.1, 0.15) is 49.2 Å². The maximum absolute atomic E-state index is 8.94. The van der Waals surface area contributed by atoms with Crippen LogP contribution in [-0.4, -0.2) is 40.7 Å². The SMILES string of the molecule is OCCCC1CCCN1CCCCc1nc(CCl)cs1. The van der Waals surface area contributed by atoms with E-state index in [0.717, 1.165) is 25.0 Å². The minimum Gasteiger partial charge on any atom is -0.396 e. The lowest BCUT2D eigenvalue weighted by Gasteiger charge is -2.24. The Bertz CT molecular complexity index is 386. The highest BCUT2D eigenvalue weighted by molar-refractivity contribution is 7.09. The van der Waals surface area contributed by atoms with Crippen LogP contribution in [0.15, 0.2) is 5.38 Å². The summed E-state index contributed by atoms with van der Waals surface area (Å²) in [6.07, 6.45) is 8.26. The zero-order valence-corrected chi connectivity index (χ0v) is 13.6. The minimum atomic E-state index is 0.331. The van der Waals surface area contributed by atoms with Crippen LogP contribution in [0.3, 0.4) is 0 Å². The van der Waals surface area contributed by atoms with Gasteiger partial charge in [-0.15, -0.1) is 22.9 Å². The van der Waals surface area contributed by atoms with Crippen molar-refractivity contribution in [3.8, 4) is 0 Å². The van der Waals surface area contributed by atoms with E-state index in [0.29, 0.717) is 18.5 Å². The Hall–Kier alpha value is -0.160. The van der Waals surface area contributed by atoms with E-state index in [1.54, 1.807) is 11.3 Å². The third kappa shape index (κ3) is 4.99. The number of nitrogens with zero attached hydrogens (tertiary/aromatic N) is 2. The molecule has 1 aliphatic rings. The molecule has 0 saturated carbocycles. The number of aryl methyl sites for hydroxylation is 1. The van der Waals surface area contributed by atoms with Crippen molar-refractivity contribution in [2.45, 2.75) is 56.9 Å². The van der Waals surface area contributed by atoms with E-state index in [4.69, 9.17) is 16.7 Å². The maximum atomic E-state index is 8.94. The molecule has 0 amide bonds. The normalized spacial score (nSPS) is 19.8. The number of hydrogen-bond acceptors (Lipinski definition) is 4. The summed E-state index contributed by atoms with van der Waals surface area (Å²) in [5.41, 5.74) is 1.01. The number of aliphatic hydroxyl groups is 1. The quantitative estimate of drug-likeness (QED) is 0.560. The molecule has 1 atom stereocenters. The third-order valence-corrected chi connectivity index (χ3v) is 5.25. The van der Waals surface area contributed by atoms with E-state index in [1.807, 2.05) is 0 Å². The van der Waals surface area contributed by atoms with Crippen LogP contribution in [0, 0.1) is 0 Å². The van der Waals surface area contributed by atoms with Gasteiger partial charge in [0, 0.05) is 18.0 Å². The second-order valence-corrected chi connectivity index (χ2v) is 6.73. The van der Waals surface area contributed by atoms with Crippen LogP contribution < -0.4 is 0 Å². The molecule has 114 valence electrons. The number of unbranched alkanes of at least 4 members (excludes halogenated alkanes) is 1. The largest absolute Gasteiger partial charge is 0.396 e. The van der Waals surface area contributed by atoms with Crippen molar-refractivity contribution < 1.29 is 5.11 Å². The Morgan fingerprint density at radius 1 is 1.40 bits per heavy atom. The molecule has 0 aliphatic carbocycles. The number of hydrogen-bond donors (Lipinski definition) is 1. The van der Waals surface area contributed by atoms with Gasteiger partial charge in [0.15, 0.2) is 0 Å². The zero-order valence-electron chi connectivity index (χ0n) is 12.1. The van der Waals surface area contributed by atoms with E-state index in [1.165, 1.54) is 43.8 Å². The molecule has 1 aromatic heterocycles. The number of alkyl halides is 1. The number of halogens is 1. The van der Waals surface area contributed by atoms with E-state index < -0.39 is 0 Å². The molecule has 2 heterocycles. The average molecular weight is 317 g/mol. The summed E-state index contributed by atoms with van der Waals surface area (Å²) >= 11 is 7.50. The summed E-state index contributed by atoms with van der Waals surface area (Å²) in [6.45, 7) is 2.77. The predicted molar refractivity (Wildman–Crippen MR) is 85.5 cm³/mol. The number of aliphatic hydroxyl groups excluding tert-OH is 1. The molecule has 3 nitrogen and oxygen atoms in total. The Balaban J connectivity index is 1.62. The van der Waals surface area contributed by atoms with Crippen molar-refractivity contribution in [2.75, 3.05) is 19.7 Å². The Kier molecular flexibility index (Phi) is 7.28. The van der Waals surface area contributed by atoms with Crippen LogP contribution in [0.4, 0.5) is 0 Å². The fourth-order valence-corrected chi connectivity index (χ4v) is 4.03. The highest BCUT2D eigenvalue weighted by atomic mass is 35.5. The number of rotatable bonds is 9. The van der Waals surface area contributed by atoms with Crippen molar-refractivity contribution in [3.63, 3.8) is 0 Å². The van der Waals surface area contributed by atoms with E-state index >= 15 is 0 Å². The maximum Gasteiger partial charge on any atom is 0.0928 e. The van der Waals surface area contributed by atoms with Gasteiger partial charge in [-0.1, -0.05) is 0 Å². The zero-order chi connectivity index (χ0) is 14.2. The summed E-state index contributed by atoms with van der Waals surface area (Å²) < 4.78 is 0. The monoisotopic (exact) mass is 316 g/mol. The first-order valence-corrected chi connectivity index (χ1v) is 9.09. The summed E-state index contributed by atoms with van der Waals surface area (Å²) in [7, 11) is 0. The third-order valence-electron chi connectivity index (χ3n) is 4.02. The molecule has 1 aromatic rings. The molecular formula is C15H25ClN2OS. The lowest BCUT2D eigenvalue weighted by Crippen LogP contribution is -2.30. The lowest BCUT2D eigenvalue weighted by molar-refractivity contribution is 0.213. The first-order valence-electron chi connectivity index (χ1n) is 7.67. The minimum absolute atomic E-state index is 0.331.